The third kappa shape index (κ3) is 3.22. The summed E-state index contributed by atoms with van der Waals surface area (Å²) in [4.78, 5) is 17.2. The lowest BCUT2D eigenvalue weighted by Crippen LogP contribution is -2.37. The highest BCUT2D eigenvalue weighted by molar-refractivity contribution is 5.68. The van der Waals surface area contributed by atoms with Crippen LogP contribution in [-0.4, -0.2) is 34.7 Å². The van der Waals surface area contributed by atoms with Crippen molar-refractivity contribution in [3.8, 4) is 0 Å². The van der Waals surface area contributed by atoms with Gasteiger partial charge in [0.05, 0.1) is 6.54 Å². The second-order valence-corrected chi connectivity index (χ2v) is 5.86. The van der Waals surface area contributed by atoms with Crippen molar-refractivity contribution in [2.75, 3.05) is 13.1 Å². The number of likely N-dealkylation sites (tertiary alicyclic amines) is 1. The highest BCUT2D eigenvalue weighted by Gasteiger charge is 2.43. The van der Waals surface area contributed by atoms with Gasteiger partial charge in [0.2, 0.25) is 0 Å². The summed E-state index contributed by atoms with van der Waals surface area (Å²) >= 11 is 0. The van der Waals surface area contributed by atoms with Crippen LogP contribution >= 0.6 is 0 Å². The minimum atomic E-state index is -1.52. The van der Waals surface area contributed by atoms with Crippen molar-refractivity contribution in [2.24, 2.45) is 0 Å². The topological polar surface area (TPSA) is 42.4 Å². The maximum Gasteiger partial charge on any atom is 0.410 e. The first-order valence-corrected chi connectivity index (χ1v) is 6.37. The van der Waals surface area contributed by atoms with Gasteiger partial charge in [-0.3, -0.25) is 4.98 Å². The molecule has 1 amide bonds. The molecular formula is C14H19FN2O2. The number of halogens is 1. The molecule has 1 saturated heterocycles. The number of ether oxygens (including phenoxy) is 1. The van der Waals surface area contributed by atoms with E-state index in [1.165, 1.54) is 11.1 Å². The molecule has 0 saturated carbocycles. The van der Waals surface area contributed by atoms with E-state index in [9.17, 15) is 9.18 Å². The Hall–Kier alpha value is -1.65. The number of carbonyl (C=O) groups excluding carboxylic acids is 1. The normalized spacial score (nSPS) is 23.5. The first-order valence-electron chi connectivity index (χ1n) is 6.37. The lowest BCUT2D eigenvalue weighted by Gasteiger charge is -2.25. The van der Waals surface area contributed by atoms with Gasteiger partial charge in [-0.05, 0) is 26.8 Å². The van der Waals surface area contributed by atoms with Crippen LogP contribution in [0.4, 0.5) is 9.18 Å². The van der Waals surface area contributed by atoms with Gasteiger partial charge in [0, 0.05) is 30.9 Å². The Morgan fingerprint density at radius 3 is 2.84 bits per heavy atom. The summed E-state index contributed by atoms with van der Waals surface area (Å²) in [6, 6.07) is 3.40. The Kier molecular flexibility index (Phi) is 3.47. The molecule has 5 heteroatoms. The van der Waals surface area contributed by atoms with E-state index in [1.54, 1.807) is 39.1 Å². The van der Waals surface area contributed by atoms with Crippen LogP contribution in [0.5, 0.6) is 0 Å². The molecule has 1 fully saturated rings. The van der Waals surface area contributed by atoms with Crippen LogP contribution in [0.3, 0.4) is 0 Å². The third-order valence-electron chi connectivity index (χ3n) is 3.05. The molecule has 104 valence electrons. The summed E-state index contributed by atoms with van der Waals surface area (Å²) in [6.07, 6.45) is 2.93. The number of carbonyl (C=O) groups is 1. The van der Waals surface area contributed by atoms with Gasteiger partial charge in [0.15, 0.2) is 5.67 Å². The first kappa shape index (κ1) is 13.8. The van der Waals surface area contributed by atoms with Crippen molar-refractivity contribution >= 4 is 6.09 Å². The fourth-order valence-electron chi connectivity index (χ4n) is 2.12. The van der Waals surface area contributed by atoms with Crippen LogP contribution in [0.25, 0.3) is 0 Å². The number of alkyl halides is 1. The number of pyridine rings is 1. The zero-order valence-electron chi connectivity index (χ0n) is 11.5. The molecule has 1 unspecified atom stereocenters. The van der Waals surface area contributed by atoms with Gasteiger partial charge in [0.25, 0.3) is 0 Å². The number of amides is 1. The highest BCUT2D eigenvalue weighted by atomic mass is 19.1. The lowest BCUT2D eigenvalue weighted by molar-refractivity contribution is 0.0257. The number of rotatable bonds is 1. The summed E-state index contributed by atoms with van der Waals surface area (Å²) in [5, 5.41) is 0. The fraction of sp³-hybridized carbons (Fsp3) is 0.571. The van der Waals surface area contributed by atoms with Crippen LogP contribution < -0.4 is 0 Å². The molecule has 1 aromatic heterocycles. The smallest absolute Gasteiger partial charge is 0.410 e. The standard InChI is InChI=1S/C14H19FN2O2/c1-13(2,3)19-12(18)17-8-6-14(15,10-17)11-5-4-7-16-9-11/h4-5,7,9H,6,8,10H2,1-3H3. The number of nitrogens with zero attached hydrogens (tertiary/aromatic N) is 2. The Bertz CT molecular complexity index is 458. The van der Waals surface area contributed by atoms with Crippen LogP contribution in [0.2, 0.25) is 0 Å². The molecule has 0 bridgehead atoms. The van der Waals surface area contributed by atoms with Gasteiger partial charge >= 0.3 is 6.09 Å². The quantitative estimate of drug-likeness (QED) is 0.785. The van der Waals surface area contributed by atoms with Crippen molar-refractivity contribution < 1.29 is 13.9 Å². The van der Waals surface area contributed by atoms with Gasteiger partial charge in [-0.25, -0.2) is 9.18 Å². The van der Waals surface area contributed by atoms with Gasteiger partial charge in [-0.1, -0.05) is 6.07 Å². The van der Waals surface area contributed by atoms with Gasteiger partial charge in [-0.15, -0.1) is 0 Å². The number of hydrogen-bond donors (Lipinski definition) is 0. The van der Waals surface area contributed by atoms with E-state index in [0.717, 1.165) is 0 Å². The van der Waals surface area contributed by atoms with Crippen LogP contribution in [-0.2, 0) is 10.4 Å². The maximum atomic E-state index is 14.8. The van der Waals surface area contributed by atoms with E-state index >= 15 is 0 Å². The van der Waals surface area contributed by atoms with Gasteiger partial charge in [0.1, 0.15) is 5.60 Å². The van der Waals surface area contributed by atoms with Crippen molar-refractivity contribution in [2.45, 2.75) is 38.5 Å². The molecule has 0 aromatic carbocycles. The van der Waals surface area contributed by atoms with Crippen molar-refractivity contribution in [1.29, 1.82) is 0 Å². The number of hydrogen-bond acceptors (Lipinski definition) is 3. The van der Waals surface area contributed by atoms with Gasteiger partial charge in [-0.2, -0.15) is 0 Å². The average Bonchev–Trinajstić information content (AvgIpc) is 2.73. The number of aromatic nitrogens is 1. The van der Waals surface area contributed by atoms with E-state index in [2.05, 4.69) is 4.98 Å². The fourth-order valence-corrected chi connectivity index (χ4v) is 2.12. The summed E-state index contributed by atoms with van der Waals surface area (Å²) in [5.74, 6) is 0. The molecular weight excluding hydrogens is 247 g/mol. The molecule has 0 spiro atoms. The van der Waals surface area contributed by atoms with Gasteiger partial charge < -0.3 is 9.64 Å². The maximum absolute atomic E-state index is 14.8. The molecule has 1 atom stereocenters. The predicted octanol–water partition coefficient (Wildman–Crippen LogP) is 2.89. The molecule has 0 radical (unpaired) electrons. The molecule has 2 heterocycles. The summed E-state index contributed by atoms with van der Waals surface area (Å²) < 4.78 is 20.1. The second-order valence-electron chi connectivity index (χ2n) is 5.86. The molecule has 1 aliphatic rings. The van der Waals surface area contributed by atoms with E-state index in [1.807, 2.05) is 0 Å². The Labute approximate surface area is 112 Å². The third-order valence-corrected chi connectivity index (χ3v) is 3.05. The molecule has 1 aromatic rings. The monoisotopic (exact) mass is 266 g/mol. The predicted molar refractivity (Wildman–Crippen MR) is 69.4 cm³/mol. The van der Waals surface area contributed by atoms with E-state index in [-0.39, 0.29) is 13.0 Å². The van der Waals surface area contributed by atoms with E-state index < -0.39 is 17.4 Å². The first-order chi connectivity index (χ1) is 8.80. The summed E-state index contributed by atoms with van der Waals surface area (Å²) in [5.41, 5.74) is -1.57. The van der Waals surface area contributed by atoms with Crippen molar-refractivity contribution in [3.63, 3.8) is 0 Å². The largest absolute Gasteiger partial charge is 0.444 e. The molecule has 0 N–H and O–H groups in total. The summed E-state index contributed by atoms with van der Waals surface area (Å²) in [7, 11) is 0. The zero-order valence-corrected chi connectivity index (χ0v) is 11.5. The zero-order chi connectivity index (χ0) is 14.1. The lowest BCUT2D eigenvalue weighted by atomic mass is 9.97. The van der Waals surface area contributed by atoms with Crippen molar-refractivity contribution in [3.05, 3.63) is 30.1 Å². The van der Waals surface area contributed by atoms with Crippen LogP contribution in [0, 0.1) is 0 Å². The SMILES string of the molecule is CC(C)(C)OC(=O)N1CCC(F)(c2cccnc2)C1. The van der Waals surface area contributed by atoms with Crippen LogP contribution in [0.1, 0.15) is 32.8 Å². The minimum Gasteiger partial charge on any atom is -0.444 e. The average molecular weight is 266 g/mol. The van der Waals surface area contributed by atoms with E-state index in [4.69, 9.17) is 4.74 Å². The Balaban J connectivity index is 2.06. The van der Waals surface area contributed by atoms with Crippen molar-refractivity contribution in [1.82, 2.24) is 9.88 Å². The molecule has 2 rings (SSSR count). The Morgan fingerprint density at radius 2 is 2.26 bits per heavy atom. The Morgan fingerprint density at radius 1 is 1.53 bits per heavy atom. The second kappa shape index (κ2) is 4.79. The summed E-state index contributed by atoms with van der Waals surface area (Å²) in [6.45, 7) is 5.77. The molecule has 1 aliphatic heterocycles. The molecule has 4 nitrogen and oxygen atoms in total. The minimum absolute atomic E-state index is 0.0214. The molecule has 0 aliphatic carbocycles. The highest BCUT2D eigenvalue weighted by Crippen LogP contribution is 2.36. The van der Waals surface area contributed by atoms with E-state index in [0.29, 0.717) is 12.1 Å². The molecule has 19 heavy (non-hydrogen) atoms. The van der Waals surface area contributed by atoms with Crippen LogP contribution in [0.15, 0.2) is 24.5 Å².